The molecule has 0 spiro atoms. The molecule has 4 N–H and O–H groups in total. The lowest BCUT2D eigenvalue weighted by Gasteiger charge is -2.39. The smallest absolute Gasteiger partial charge is 0.309 e. The van der Waals surface area contributed by atoms with Crippen LogP contribution in [0.3, 0.4) is 0 Å². The maximum Gasteiger partial charge on any atom is 0.309 e. The van der Waals surface area contributed by atoms with E-state index in [9.17, 15) is 30.0 Å². The van der Waals surface area contributed by atoms with E-state index in [0.717, 1.165) is 12.0 Å². The maximum absolute atomic E-state index is 12.9. The van der Waals surface area contributed by atoms with Crippen LogP contribution in [0.25, 0.3) is 0 Å². The number of benzene rings is 1. The zero-order valence-corrected chi connectivity index (χ0v) is 32.7. The van der Waals surface area contributed by atoms with Gasteiger partial charge in [0.05, 0.1) is 43.0 Å². The van der Waals surface area contributed by atoms with E-state index in [4.69, 9.17) is 30.5 Å². The van der Waals surface area contributed by atoms with Gasteiger partial charge in [0.1, 0.15) is 23.9 Å². The number of methoxy groups -OCH3 is 1. The van der Waals surface area contributed by atoms with Gasteiger partial charge in [-0.05, 0) is 69.4 Å². The van der Waals surface area contributed by atoms with Crippen LogP contribution in [0.15, 0.2) is 60.2 Å². The summed E-state index contributed by atoms with van der Waals surface area (Å²) in [5.41, 5.74) is -1.31. The van der Waals surface area contributed by atoms with E-state index >= 15 is 0 Å². The molecular weight excluding hydrogens is 690 g/mol. The van der Waals surface area contributed by atoms with E-state index in [-0.39, 0.29) is 56.6 Å². The van der Waals surface area contributed by atoms with Crippen molar-refractivity contribution in [3.05, 3.63) is 70.8 Å². The number of halogens is 1. The van der Waals surface area contributed by atoms with Crippen LogP contribution in [0.2, 0.25) is 5.02 Å². The summed E-state index contributed by atoms with van der Waals surface area (Å²) in [6.07, 6.45) is 5.88. The predicted octanol–water partition coefficient (Wildman–Crippen LogP) is 4.92. The van der Waals surface area contributed by atoms with Crippen molar-refractivity contribution >= 4 is 23.5 Å². The SMILES string of the molecule is CC[C@H](OC)[C@@H](C)C1O[C@@H]1C(N(CCO)Cc1ccc(Cl)cc1)C(C)(O)/C=C/C=C(\C)[C@H]1OC(=O)C[C@H](O)CC[C@@](C)(O)[C@@H](OC(C)=O)/C=C/[C@@H]1C. The average Bonchev–Trinajstić information content (AvgIpc) is 3.85. The van der Waals surface area contributed by atoms with Crippen molar-refractivity contribution in [2.24, 2.45) is 11.8 Å². The van der Waals surface area contributed by atoms with Gasteiger partial charge in [0.25, 0.3) is 0 Å². The molecule has 1 aromatic carbocycles. The normalized spacial score (nSPS) is 31.1. The fraction of sp³-hybridized carbons (Fsp3) is 0.650. The van der Waals surface area contributed by atoms with Gasteiger partial charge in [0.15, 0.2) is 0 Å². The van der Waals surface area contributed by atoms with Crippen molar-refractivity contribution in [1.29, 1.82) is 0 Å². The van der Waals surface area contributed by atoms with Crippen molar-refractivity contribution < 1.29 is 49.0 Å². The summed E-state index contributed by atoms with van der Waals surface area (Å²) in [7, 11) is 1.69. The summed E-state index contributed by atoms with van der Waals surface area (Å²) >= 11 is 6.15. The molecule has 1 fully saturated rings. The third-order valence-electron chi connectivity index (χ3n) is 10.2. The minimum absolute atomic E-state index is 0.0227. The van der Waals surface area contributed by atoms with Crippen molar-refractivity contribution in [1.82, 2.24) is 4.90 Å². The lowest BCUT2D eigenvalue weighted by atomic mass is 9.86. The predicted molar refractivity (Wildman–Crippen MR) is 199 cm³/mol. The Kier molecular flexibility index (Phi) is 16.5. The van der Waals surface area contributed by atoms with Gasteiger partial charge in [-0.1, -0.05) is 68.8 Å². The molecule has 292 valence electrons. The lowest BCUT2D eigenvalue weighted by molar-refractivity contribution is -0.157. The summed E-state index contributed by atoms with van der Waals surface area (Å²) in [5.74, 6) is -1.51. The third kappa shape index (κ3) is 12.5. The number of hydrogen-bond acceptors (Lipinski definition) is 11. The molecular formula is C40H60ClNO10. The molecule has 0 bridgehead atoms. The number of cyclic esters (lactones) is 1. The van der Waals surface area contributed by atoms with E-state index < -0.39 is 53.4 Å². The molecule has 0 amide bonds. The molecule has 0 aliphatic carbocycles. The van der Waals surface area contributed by atoms with Crippen LogP contribution in [0, 0.1) is 11.8 Å². The minimum atomic E-state index is -1.47. The number of aliphatic hydroxyl groups excluding tert-OH is 2. The monoisotopic (exact) mass is 749 g/mol. The number of allylic oxidation sites excluding steroid dienone is 2. The van der Waals surface area contributed by atoms with Crippen LogP contribution in [0.5, 0.6) is 0 Å². The highest BCUT2D eigenvalue weighted by Crippen LogP contribution is 2.41. The average molecular weight is 750 g/mol. The summed E-state index contributed by atoms with van der Waals surface area (Å²) in [4.78, 5) is 26.8. The quantitative estimate of drug-likeness (QED) is 0.0836. The van der Waals surface area contributed by atoms with Gasteiger partial charge in [-0.2, -0.15) is 0 Å². The molecule has 3 rings (SSSR count). The van der Waals surface area contributed by atoms with E-state index in [2.05, 4.69) is 13.8 Å². The summed E-state index contributed by atoms with van der Waals surface area (Å²) in [5, 5.41) is 44.6. The van der Waals surface area contributed by atoms with Crippen LogP contribution < -0.4 is 0 Å². The molecule has 0 saturated carbocycles. The van der Waals surface area contributed by atoms with Gasteiger partial charge in [-0.3, -0.25) is 14.5 Å². The molecule has 1 saturated heterocycles. The maximum atomic E-state index is 12.9. The number of nitrogens with zero attached hydrogens (tertiary/aromatic N) is 1. The fourth-order valence-electron chi connectivity index (χ4n) is 7.17. The summed E-state index contributed by atoms with van der Waals surface area (Å²) < 4.78 is 23.3. The lowest BCUT2D eigenvalue weighted by Crippen LogP contribution is -2.54. The highest BCUT2D eigenvalue weighted by Gasteiger charge is 2.56. The molecule has 0 aromatic heterocycles. The van der Waals surface area contributed by atoms with Gasteiger partial charge in [-0.15, -0.1) is 0 Å². The number of hydrogen-bond donors (Lipinski definition) is 4. The molecule has 52 heavy (non-hydrogen) atoms. The summed E-state index contributed by atoms with van der Waals surface area (Å²) in [6, 6.07) is 6.89. The van der Waals surface area contributed by atoms with Crippen LogP contribution in [-0.2, 0) is 35.1 Å². The van der Waals surface area contributed by atoms with Crippen LogP contribution in [-0.4, -0.2) is 111 Å². The first-order valence-electron chi connectivity index (χ1n) is 18.2. The molecule has 3 unspecified atom stereocenters. The Bertz CT molecular complexity index is 1390. The topological polar surface area (TPSA) is 159 Å². The van der Waals surface area contributed by atoms with Crippen LogP contribution >= 0.6 is 11.6 Å². The van der Waals surface area contributed by atoms with Crippen LogP contribution in [0.1, 0.15) is 79.7 Å². The number of rotatable bonds is 15. The Labute approximate surface area is 314 Å². The van der Waals surface area contributed by atoms with Gasteiger partial charge < -0.3 is 39.4 Å². The molecule has 11 atom stereocenters. The first-order chi connectivity index (χ1) is 24.4. The standard InChI is InChI=1S/C40H60ClNO10/c1-9-32(49-8)27(4)36-37(52-36)38(42(21-22-43)24-29-13-15-30(41)16-14-29)40(7,48)19-10-11-25(2)35-26(3)12-17-33(50-28(5)44)39(6,47)20-18-31(45)23-34(46)51-35/h10-17,19,26-27,31-33,35-38,43,45,47-48H,9,18,20-24H2,1-8H3/b17-12+,19-10+,25-11+/t26-,27+,31+,32-,33-,35+,36?,37-,38?,39+,40?/m0/s1. The van der Waals surface area contributed by atoms with Gasteiger partial charge >= 0.3 is 11.9 Å². The Morgan fingerprint density at radius 2 is 1.88 bits per heavy atom. The Hall–Kier alpha value is -2.61. The van der Waals surface area contributed by atoms with Crippen molar-refractivity contribution in [2.45, 2.75) is 135 Å². The van der Waals surface area contributed by atoms with Gasteiger partial charge in [-0.25, -0.2) is 0 Å². The zero-order valence-electron chi connectivity index (χ0n) is 31.9. The zero-order chi connectivity index (χ0) is 38.8. The van der Waals surface area contributed by atoms with Crippen molar-refractivity contribution in [3.8, 4) is 0 Å². The number of aliphatic hydroxyl groups is 4. The van der Waals surface area contributed by atoms with E-state index in [0.29, 0.717) is 17.1 Å². The minimum Gasteiger partial charge on any atom is -0.457 e. The third-order valence-corrected chi connectivity index (χ3v) is 10.5. The first kappa shape index (κ1) is 43.8. The molecule has 1 aromatic rings. The molecule has 2 aliphatic rings. The molecule has 12 heteroatoms. The number of esters is 2. The van der Waals surface area contributed by atoms with Gasteiger partial charge in [0, 0.05) is 44.0 Å². The van der Waals surface area contributed by atoms with E-state index in [1.54, 1.807) is 51.3 Å². The number of carbonyl (C=O) groups excluding carboxylic acids is 2. The molecule has 11 nitrogen and oxygen atoms in total. The molecule has 2 aliphatic heterocycles. The largest absolute Gasteiger partial charge is 0.457 e. The number of ether oxygens (including phenoxy) is 4. The molecule has 2 heterocycles. The Morgan fingerprint density at radius 1 is 1.21 bits per heavy atom. The van der Waals surface area contributed by atoms with Crippen molar-refractivity contribution in [3.63, 3.8) is 0 Å². The first-order valence-corrected chi connectivity index (χ1v) is 18.6. The van der Waals surface area contributed by atoms with Crippen LogP contribution in [0.4, 0.5) is 0 Å². The molecule has 0 radical (unpaired) electrons. The number of carbonyl (C=O) groups is 2. The summed E-state index contributed by atoms with van der Waals surface area (Å²) in [6.45, 7) is 12.9. The second kappa shape index (κ2) is 19.6. The highest BCUT2D eigenvalue weighted by atomic mass is 35.5. The number of epoxide rings is 1. The fourth-order valence-corrected chi connectivity index (χ4v) is 7.30. The van der Waals surface area contributed by atoms with E-state index in [1.807, 2.05) is 36.1 Å². The van der Waals surface area contributed by atoms with Gasteiger partial charge in [0.2, 0.25) is 0 Å². The van der Waals surface area contributed by atoms with E-state index in [1.165, 1.54) is 13.8 Å². The Balaban J connectivity index is 1.96. The Morgan fingerprint density at radius 3 is 2.48 bits per heavy atom. The highest BCUT2D eigenvalue weighted by molar-refractivity contribution is 6.30. The second-order valence-electron chi connectivity index (χ2n) is 14.8. The van der Waals surface area contributed by atoms with Crippen molar-refractivity contribution in [2.75, 3.05) is 20.3 Å². The second-order valence-corrected chi connectivity index (χ2v) is 15.2.